The van der Waals surface area contributed by atoms with Gasteiger partial charge in [0.05, 0.1) is 18.8 Å². The minimum Gasteiger partial charge on any atom is -0.481 e. The fourth-order valence-electron chi connectivity index (χ4n) is 1.71. The van der Waals surface area contributed by atoms with Crippen molar-refractivity contribution < 1.29 is 4.74 Å². The van der Waals surface area contributed by atoms with Gasteiger partial charge in [-0.15, -0.1) is 0 Å². The first kappa shape index (κ1) is 11.7. The number of thioether (sulfide) groups is 1. The normalized spacial score (nSPS) is 16.7. The van der Waals surface area contributed by atoms with Crippen molar-refractivity contribution in [3.63, 3.8) is 0 Å². The molecule has 0 aliphatic carbocycles. The first-order chi connectivity index (χ1) is 7.76. The predicted molar refractivity (Wildman–Crippen MR) is 65.9 cm³/mol. The number of ether oxygens (including phenoxy) is 1. The van der Waals surface area contributed by atoms with Gasteiger partial charge in [-0.1, -0.05) is 0 Å². The van der Waals surface area contributed by atoms with Crippen LogP contribution >= 0.6 is 11.8 Å². The van der Waals surface area contributed by atoms with Gasteiger partial charge in [-0.2, -0.15) is 16.7 Å². The molecule has 1 aromatic heterocycles. The second-order valence-electron chi connectivity index (χ2n) is 3.83. The monoisotopic (exact) mass is 239 g/mol. The van der Waals surface area contributed by atoms with E-state index in [2.05, 4.69) is 22.2 Å². The zero-order chi connectivity index (χ0) is 11.5. The van der Waals surface area contributed by atoms with Crippen LogP contribution in [0.25, 0.3) is 0 Å². The molecule has 0 bridgehead atoms. The van der Waals surface area contributed by atoms with Gasteiger partial charge >= 0.3 is 0 Å². The Bertz CT molecular complexity index is 366. The van der Waals surface area contributed by atoms with E-state index in [0.29, 0.717) is 0 Å². The fourth-order valence-corrected chi connectivity index (χ4v) is 2.69. The van der Waals surface area contributed by atoms with Crippen LogP contribution in [0.15, 0.2) is 0 Å². The highest BCUT2D eigenvalue weighted by atomic mass is 32.2. The van der Waals surface area contributed by atoms with Crippen LogP contribution in [-0.4, -0.2) is 29.9 Å². The summed E-state index contributed by atoms with van der Waals surface area (Å²) in [5.41, 5.74) is 2.33. The summed E-state index contributed by atoms with van der Waals surface area (Å²) in [6.07, 6.45) is 1.02. The second-order valence-corrected chi connectivity index (χ2v) is 4.93. The maximum atomic E-state index is 5.36. The zero-order valence-electron chi connectivity index (χ0n) is 9.91. The van der Waals surface area contributed by atoms with E-state index < -0.39 is 0 Å². The second kappa shape index (κ2) is 5.01. The zero-order valence-corrected chi connectivity index (χ0v) is 10.7. The summed E-state index contributed by atoms with van der Waals surface area (Å²) in [7, 11) is 3.59. The largest absolute Gasteiger partial charge is 0.481 e. The molecule has 1 aromatic rings. The number of hydrogen-bond acceptors (Lipinski definition) is 5. The third-order valence-electron chi connectivity index (χ3n) is 2.82. The number of nitrogens with one attached hydrogen (secondary N) is 1. The fraction of sp³-hybridized carbons (Fsp3) is 0.636. The summed E-state index contributed by atoms with van der Waals surface area (Å²) in [4.78, 5) is 9.09. The van der Waals surface area contributed by atoms with Crippen LogP contribution in [0.5, 0.6) is 5.88 Å². The van der Waals surface area contributed by atoms with Crippen molar-refractivity contribution in [3.8, 4) is 5.88 Å². The molecule has 0 aromatic carbocycles. The molecule has 1 aliphatic rings. The molecule has 0 saturated carbocycles. The lowest BCUT2D eigenvalue weighted by molar-refractivity contribution is 0.386. The number of hydrogen-bond donors (Lipinski definition) is 1. The average Bonchev–Trinajstić information content (AvgIpc) is 2.36. The molecule has 0 saturated heterocycles. The maximum Gasteiger partial charge on any atom is 0.220 e. The highest BCUT2D eigenvalue weighted by molar-refractivity contribution is 7.98. The average molecular weight is 239 g/mol. The van der Waals surface area contributed by atoms with Gasteiger partial charge in [0.1, 0.15) is 5.82 Å². The molecule has 2 rings (SSSR count). The molecular formula is C11H17N3OS. The Morgan fingerprint density at radius 1 is 1.44 bits per heavy atom. The quantitative estimate of drug-likeness (QED) is 0.867. The van der Waals surface area contributed by atoms with Gasteiger partial charge in [-0.05, 0) is 26.1 Å². The number of methoxy groups -OCH3 is 1. The number of aromatic nitrogens is 2. The van der Waals surface area contributed by atoms with Crippen molar-refractivity contribution in [2.45, 2.75) is 25.1 Å². The van der Waals surface area contributed by atoms with E-state index >= 15 is 0 Å². The Balaban J connectivity index is 2.43. The van der Waals surface area contributed by atoms with E-state index in [9.17, 15) is 0 Å². The van der Waals surface area contributed by atoms with E-state index in [4.69, 9.17) is 4.74 Å². The Kier molecular flexibility index (Phi) is 3.66. The number of nitrogens with zero attached hydrogens (tertiary/aromatic N) is 2. The minimum atomic E-state index is 0.161. The molecule has 0 radical (unpaired) electrons. The smallest absolute Gasteiger partial charge is 0.220 e. The van der Waals surface area contributed by atoms with Gasteiger partial charge in [0.15, 0.2) is 0 Å². The highest BCUT2D eigenvalue weighted by Crippen LogP contribution is 2.30. The molecule has 2 heterocycles. The molecule has 1 N–H and O–H groups in total. The van der Waals surface area contributed by atoms with Crippen LogP contribution in [0.4, 0.5) is 0 Å². The summed E-state index contributed by atoms with van der Waals surface area (Å²) in [5, 5.41) is 3.15. The van der Waals surface area contributed by atoms with E-state index in [1.54, 1.807) is 7.11 Å². The van der Waals surface area contributed by atoms with Crippen molar-refractivity contribution in [2.75, 3.05) is 19.9 Å². The molecule has 16 heavy (non-hydrogen) atoms. The van der Waals surface area contributed by atoms with Gasteiger partial charge < -0.3 is 10.1 Å². The van der Waals surface area contributed by atoms with Crippen LogP contribution in [0.3, 0.4) is 0 Å². The van der Waals surface area contributed by atoms with Crippen LogP contribution in [0.1, 0.15) is 30.0 Å². The van der Waals surface area contributed by atoms with Gasteiger partial charge in [0, 0.05) is 11.3 Å². The first-order valence-corrected chi connectivity index (χ1v) is 6.60. The molecule has 0 spiro atoms. The van der Waals surface area contributed by atoms with E-state index in [-0.39, 0.29) is 6.04 Å². The third kappa shape index (κ3) is 2.15. The lowest BCUT2D eigenvalue weighted by Crippen LogP contribution is -2.19. The Morgan fingerprint density at radius 2 is 2.25 bits per heavy atom. The highest BCUT2D eigenvalue weighted by Gasteiger charge is 2.20. The van der Waals surface area contributed by atoms with Crippen LogP contribution in [0, 0.1) is 0 Å². The molecule has 0 fully saturated rings. The van der Waals surface area contributed by atoms with Gasteiger partial charge in [-0.3, -0.25) is 0 Å². The predicted octanol–water partition coefficient (Wildman–Crippen LogP) is 1.55. The molecule has 88 valence electrons. The van der Waals surface area contributed by atoms with Crippen molar-refractivity contribution in [1.29, 1.82) is 0 Å². The number of fused-ring (bicyclic) bond motifs is 1. The summed E-state index contributed by atoms with van der Waals surface area (Å²) < 4.78 is 5.36. The van der Waals surface area contributed by atoms with Crippen molar-refractivity contribution in [1.82, 2.24) is 15.3 Å². The molecular weight excluding hydrogens is 222 g/mol. The first-order valence-electron chi connectivity index (χ1n) is 5.45. The van der Waals surface area contributed by atoms with Crippen LogP contribution in [-0.2, 0) is 12.2 Å². The lowest BCUT2D eigenvalue weighted by atomic mass is 10.2. The van der Waals surface area contributed by atoms with Crippen LogP contribution in [0.2, 0.25) is 0 Å². The molecule has 1 aliphatic heterocycles. The van der Waals surface area contributed by atoms with Gasteiger partial charge in [-0.25, -0.2) is 4.98 Å². The summed E-state index contributed by atoms with van der Waals surface area (Å²) in [5.74, 6) is 3.67. The van der Waals surface area contributed by atoms with E-state index in [1.807, 2.05) is 18.8 Å². The van der Waals surface area contributed by atoms with Crippen molar-refractivity contribution in [2.24, 2.45) is 0 Å². The number of rotatable bonds is 3. The van der Waals surface area contributed by atoms with Gasteiger partial charge in [0.2, 0.25) is 5.88 Å². The molecule has 0 amide bonds. The number of aryl methyl sites for hydroxylation is 1. The van der Waals surface area contributed by atoms with Crippen molar-refractivity contribution in [3.05, 3.63) is 17.1 Å². The molecule has 1 atom stereocenters. The van der Waals surface area contributed by atoms with Gasteiger partial charge in [0.25, 0.3) is 0 Å². The van der Waals surface area contributed by atoms with Crippen LogP contribution < -0.4 is 10.1 Å². The minimum absolute atomic E-state index is 0.161. The topological polar surface area (TPSA) is 47.0 Å². The van der Waals surface area contributed by atoms with Crippen molar-refractivity contribution >= 4 is 11.8 Å². The Hall–Kier alpha value is -0.810. The summed E-state index contributed by atoms with van der Waals surface area (Å²) >= 11 is 1.91. The molecule has 4 nitrogen and oxygen atoms in total. The standard InChI is InChI=1S/C11H17N3OS/c1-7(12-2)10-13-9-4-5-16-6-8(9)11(14-10)15-3/h7,12H,4-6H2,1-3H3. The van der Waals surface area contributed by atoms with E-state index in [0.717, 1.165) is 35.3 Å². The Labute approximate surface area is 100 Å². The van der Waals surface area contributed by atoms with E-state index in [1.165, 1.54) is 5.56 Å². The third-order valence-corrected chi connectivity index (χ3v) is 3.80. The molecule has 1 unspecified atom stereocenters. The maximum absolute atomic E-state index is 5.36. The Morgan fingerprint density at radius 3 is 2.94 bits per heavy atom. The molecule has 5 heteroatoms. The SMILES string of the molecule is CNC(C)c1nc2c(c(OC)n1)CSCC2. The summed E-state index contributed by atoms with van der Waals surface area (Å²) in [6.45, 7) is 2.05. The lowest BCUT2D eigenvalue weighted by Gasteiger charge is -2.19. The summed E-state index contributed by atoms with van der Waals surface area (Å²) in [6, 6.07) is 0.161.